The van der Waals surface area contributed by atoms with Gasteiger partial charge in [-0.3, -0.25) is 9.59 Å². The molecule has 3 aromatic carbocycles. The molecule has 0 bridgehead atoms. The molecule has 0 unspecified atom stereocenters. The molecule has 0 atom stereocenters. The zero-order valence-corrected chi connectivity index (χ0v) is 20.1. The number of benzene rings is 3. The minimum absolute atomic E-state index is 0.0682. The van der Waals surface area contributed by atoms with E-state index in [1.54, 1.807) is 36.4 Å². The van der Waals surface area contributed by atoms with Crippen LogP contribution in [0.15, 0.2) is 65.5 Å². The SMILES string of the molecule is Cc1ccccc1-n1c(-c2cc(C(=O)N(C)Cc3ccccc3OCC(N)=O)c(O)cc2O)n[nH]c1=O. The van der Waals surface area contributed by atoms with E-state index in [-0.39, 0.29) is 35.9 Å². The number of phenolic OH excluding ortho intramolecular Hbond substituents is 2. The number of hydrogen-bond acceptors (Lipinski definition) is 7. The van der Waals surface area contributed by atoms with E-state index in [4.69, 9.17) is 10.5 Å². The lowest BCUT2D eigenvalue weighted by Gasteiger charge is -2.20. The number of primary amides is 1. The van der Waals surface area contributed by atoms with Gasteiger partial charge < -0.3 is 25.6 Å². The lowest BCUT2D eigenvalue weighted by atomic mass is 10.1. The van der Waals surface area contributed by atoms with Crippen LogP contribution in [-0.2, 0) is 11.3 Å². The Morgan fingerprint density at radius 2 is 1.78 bits per heavy atom. The molecule has 11 nitrogen and oxygen atoms in total. The highest BCUT2D eigenvalue weighted by Gasteiger charge is 2.24. The molecule has 4 aromatic rings. The summed E-state index contributed by atoms with van der Waals surface area (Å²) in [5.74, 6) is -1.56. The zero-order chi connectivity index (χ0) is 26.7. The second-order valence-corrected chi connectivity index (χ2v) is 8.38. The van der Waals surface area contributed by atoms with Gasteiger partial charge in [0.05, 0.1) is 16.8 Å². The van der Waals surface area contributed by atoms with Gasteiger partial charge in [0.1, 0.15) is 17.2 Å². The van der Waals surface area contributed by atoms with Gasteiger partial charge >= 0.3 is 5.69 Å². The fraction of sp³-hybridized carbons (Fsp3) is 0.154. The molecule has 0 aliphatic heterocycles. The summed E-state index contributed by atoms with van der Waals surface area (Å²) < 4.78 is 6.71. The first kappa shape index (κ1) is 25.0. The van der Waals surface area contributed by atoms with Crippen LogP contribution in [0.3, 0.4) is 0 Å². The third-order valence-corrected chi connectivity index (χ3v) is 5.71. The van der Waals surface area contributed by atoms with Crippen molar-refractivity contribution in [2.75, 3.05) is 13.7 Å². The van der Waals surface area contributed by atoms with E-state index in [0.717, 1.165) is 11.6 Å². The number of aromatic nitrogens is 3. The van der Waals surface area contributed by atoms with Crippen molar-refractivity contribution in [2.45, 2.75) is 13.5 Å². The molecule has 0 aliphatic rings. The van der Waals surface area contributed by atoms with Gasteiger partial charge in [0.25, 0.3) is 11.8 Å². The topological polar surface area (TPSA) is 164 Å². The maximum Gasteiger partial charge on any atom is 0.348 e. The molecular formula is C26H25N5O6. The predicted octanol–water partition coefficient (Wildman–Crippen LogP) is 2.08. The Kier molecular flexibility index (Phi) is 6.96. The quantitative estimate of drug-likeness (QED) is 0.286. The van der Waals surface area contributed by atoms with Gasteiger partial charge in [-0.1, -0.05) is 36.4 Å². The number of nitrogens with two attached hydrogens (primary N) is 1. The molecule has 2 amide bonds. The van der Waals surface area contributed by atoms with Gasteiger partial charge in [0.2, 0.25) is 0 Å². The first-order valence-electron chi connectivity index (χ1n) is 11.2. The molecule has 0 spiro atoms. The number of ether oxygens (including phenoxy) is 1. The minimum atomic E-state index is -0.636. The number of aryl methyl sites for hydroxylation is 1. The molecule has 5 N–H and O–H groups in total. The number of aromatic hydroxyl groups is 2. The number of carbonyl (C=O) groups excluding carboxylic acids is 2. The molecule has 1 heterocycles. The van der Waals surface area contributed by atoms with Crippen LogP contribution in [0, 0.1) is 6.92 Å². The normalized spacial score (nSPS) is 10.8. The number of aromatic amines is 1. The Hall–Kier alpha value is -5.06. The lowest BCUT2D eigenvalue weighted by Crippen LogP contribution is -2.27. The van der Waals surface area contributed by atoms with Crippen molar-refractivity contribution in [2.24, 2.45) is 5.73 Å². The molecule has 0 saturated heterocycles. The number of H-pyrrole nitrogens is 1. The first-order chi connectivity index (χ1) is 17.7. The summed E-state index contributed by atoms with van der Waals surface area (Å²) in [5.41, 5.74) is 6.53. The van der Waals surface area contributed by atoms with Crippen molar-refractivity contribution < 1.29 is 24.5 Å². The highest BCUT2D eigenvalue weighted by molar-refractivity contribution is 5.98. The van der Waals surface area contributed by atoms with Crippen LogP contribution in [0.4, 0.5) is 0 Å². The minimum Gasteiger partial charge on any atom is -0.507 e. The van der Waals surface area contributed by atoms with Crippen molar-refractivity contribution in [3.05, 3.63) is 87.8 Å². The van der Waals surface area contributed by atoms with Gasteiger partial charge in [-0.2, -0.15) is 5.10 Å². The second-order valence-electron chi connectivity index (χ2n) is 8.38. The van der Waals surface area contributed by atoms with Crippen molar-refractivity contribution in [1.29, 1.82) is 0 Å². The van der Waals surface area contributed by atoms with E-state index < -0.39 is 23.3 Å². The number of nitrogens with one attached hydrogen (secondary N) is 1. The highest BCUT2D eigenvalue weighted by Crippen LogP contribution is 2.35. The standard InChI is InChI=1S/C26H25N5O6/c1-15-7-3-5-9-19(15)31-24(28-29-26(31)36)17-11-18(21(33)12-20(17)32)25(35)30(2)13-16-8-4-6-10-22(16)37-14-23(27)34/h3-12,32-33H,13-14H2,1-2H3,(H2,27,34)(H,29,36). The first-order valence-corrected chi connectivity index (χ1v) is 11.2. The Balaban J connectivity index is 1.69. The van der Waals surface area contributed by atoms with Gasteiger partial charge in [-0.25, -0.2) is 14.5 Å². The van der Waals surface area contributed by atoms with Crippen molar-refractivity contribution in [3.63, 3.8) is 0 Å². The molecule has 4 rings (SSSR count). The highest BCUT2D eigenvalue weighted by atomic mass is 16.5. The van der Waals surface area contributed by atoms with E-state index in [2.05, 4.69) is 10.2 Å². The number of hydrogen-bond donors (Lipinski definition) is 4. The second kappa shape index (κ2) is 10.3. The van der Waals surface area contributed by atoms with Crippen molar-refractivity contribution in [3.8, 4) is 34.3 Å². The molecule has 0 fully saturated rings. The van der Waals surface area contributed by atoms with E-state index in [1.165, 1.54) is 22.6 Å². The Labute approximate surface area is 211 Å². The monoisotopic (exact) mass is 503 g/mol. The Morgan fingerprint density at radius 3 is 2.51 bits per heavy atom. The van der Waals surface area contributed by atoms with Crippen molar-refractivity contribution in [1.82, 2.24) is 19.7 Å². The molecule has 11 heteroatoms. The fourth-order valence-corrected chi connectivity index (χ4v) is 3.90. The smallest absolute Gasteiger partial charge is 0.348 e. The predicted molar refractivity (Wildman–Crippen MR) is 135 cm³/mol. The number of rotatable bonds is 8. The van der Waals surface area contributed by atoms with Crippen LogP contribution < -0.4 is 16.2 Å². The number of phenols is 2. The Bertz CT molecular complexity index is 1540. The van der Waals surface area contributed by atoms with E-state index >= 15 is 0 Å². The summed E-state index contributed by atoms with van der Waals surface area (Å²) in [6, 6.07) is 16.3. The van der Waals surface area contributed by atoms with Crippen LogP contribution in [0.2, 0.25) is 0 Å². The molecular weight excluding hydrogens is 478 g/mol. The molecule has 0 radical (unpaired) electrons. The van der Waals surface area contributed by atoms with Crippen LogP contribution in [0.1, 0.15) is 21.5 Å². The average molecular weight is 504 g/mol. The number of amides is 2. The van der Waals surface area contributed by atoms with Gasteiger partial charge in [-0.05, 0) is 30.7 Å². The maximum absolute atomic E-state index is 13.3. The van der Waals surface area contributed by atoms with E-state index in [1.807, 2.05) is 19.1 Å². The van der Waals surface area contributed by atoms with Crippen LogP contribution >= 0.6 is 0 Å². The van der Waals surface area contributed by atoms with Crippen LogP contribution in [0.5, 0.6) is 17.2 Å². The Morgan fingerprint density at radius 1 is 1.08 bits per heavy atom. The number of para-hydroxylation sites is 2. The van der Waals surface area contributed by atoms with Gasteiger partial charge in [0, 0.05) is 25.2 Å². The summed E-state index contributed by atoms with van der Waals surface area (Å²) in [5, 5.41) is 27.5. The summed E-state index contributed by atoms with van der Waals surface area (Å²) in [7, 11) is 1.52. The summed E-state index contributed by atoms with van der Waals surface area (Å²) >= 11 is 0. The van der Waals surface area contributed by atoms with E-state index in [0.29, 0.717) is 17.0 Å². The van der Waals surface area contributed by atoms with Crippen LogP contribution in [-0.4, -0.2) is 55.3 Å². The molecule has 1 aromatic heterocycles. The average Bonchev–Trinajstić information content (AvgIpc) is 3.24. The lowest BCUT2D eigenvalue weighted by molar-refractivity contribution is -0.119. The number of carbonyl (C=O) groups is 2. The summed E-state index contributed by atoms with van der Waals surface area (Å²) in [6.45, 7) is 1.59. The zero-order valence-electron chi connectivity index (χ0n) is 20.1. The molecule has 37 heavy (non-hydrogen) atoms. The summed E-state index contributed by atoms with van der Waals surface area (Å²) in [4.78, 5) is 38.4. The van der Waals surface area contributed by atoms with Crippen molar-refractivity contribution >= 4 is 11.8 Å². The third kappa shape index (κ3) is 5.15. The number of nitrogens with zero attached hydrogens (tertiary/aromatic N) is 3. The fourth-order valence-electron chi connectivity index (χ4n) is 3.90. The van der Waals surface area contributed by atoms with E-state index in [9.17, 15) is 24.6 Å². The maximum atomic E-state index is 13.3. The molecule has 0 saturated carbocycles. The van der Waals surface area contributed by atoms with Gasteiger partial charge in [0.15, 0.2) is 12.4 Å². The molecule has 190 valence electrons. The molecule has 0 aliphatic carbocycles. The third-order valence-electron chi connectivity index (χ3n) is 5.71. The largest absolute Gasteiger partial charge is 0.507 e. The summed E-state index contributed by atoms with van der Waals surface area (Å²) in [6.07, 6.45) is 0. The van der Waals surface area contributed by atoms with Gasteiger partial charge in [-0.15, -0.1) is 0 Å². The van der Waals surface area contributed by atoms with Crippen LogP contribution in [0.25, 0.3) is 17.1 Å².